The molecular formula is C13H16N4O2. The predicted molar refractivity (Wildman–Crippen MR) is 70.3 cm³/mol. The molecule has 4 N–H and O–H groups in total. The first kappa shape index (κ1) is 13.1. The van der Waals surface area contributed by atoms with E-state index in [-0.39, 0.29) is 6.61 Å². The van der Waals surface area contributed by atoms with Crippen molar-refractivity contribution in [2.24, 2.45) is 5.73 Å². The Morgan fingerprint density at radius 2 is 2.05 bits per heavy atom. The second kappa shape index (κ2) is 6.55. The maximum atomic E-state index is 10.6. The molecule has 2 rings (SSSR count). The zero-order chi connectivity index (χ0) is 13.5. The number of nitrogens with one attached hydrogen (secondary N) is 2. The Kier molecular flexibility index (Phi) is 4.52. The maximum Gasteiger partial charge on any atom is 0.255 e. The number of ether oxygens (including phenoxy) is 1. The minimum absolute atomic E-state index is 0.0998. The predicted octanol–water partition coefficient (Wildman–Crippen LogP) is 0.564. The van der Waals surface area contributed by atoms with Gasteiger partial charge in [-0.15, -0.1) is 0 Å². The Morgan fingerprint density at radius 1 is 1.26 bits per heavy atom. The van der Waals surface area contributed by atoms with Crippen LogP contribution in [0.25, 0.3) is 0 Å². The molecule has 0 spiro atoms. The average Bonchev–Trinajstić information content (AvgIpc) is 2.91. The largest absolute Gasteiger partial charge is 0.484 e. The summed E-state index contributed by atoms with van der Waals surface area (Å²) in [5.74, 6) is 0.154. The number of nitrogens with zero attached hydrogens (tertiary/aromatic N) is 1. The molecule has 0 saturated carbocycles. The van der Waals surface area contributed by atoms with E-state index in [4.69, 9.17) is 10.5 Å². The molecule has 1 aromatic heterocycles. The number of carbonyl (C=O) groups is 1. The van der Waals surface area contributed by atoms with Crippen LogP contribution in [-0.2, 0) is 17.9 Å². The fraction of sp³-hybridized carbons (Fsp3) is 0.231. The molecular weight excluding hydrogens is 244 g/mol. The van der Waals surface area contributed by atoms with E-state index in [9.17, 15) is 4.79 Å². The Labute approximate surface area is 111 Å². The Hall–Kier alpha value is -2.34. The van der Waals surface area contributed by atoms with Crippen LogP contribution in [0, 0.1) is 0 Å². The molecule has 1 aromatic carbocycles. The Balaban J connectivity index is 1.76. The minimum atomic E-state index is -0.481. The summed E-state index contributed by atoms with van der Waals surface area (Å²) in [6.07, 6.45) is 1.72. The monoisotopic (exact) mass is 260 g/mol. The van der Waals surface area contributed by atoms with Crippen molar-refractivity contribution in [1.29, 1.82) is 0 Å². The average molecular weight is 260 g/mol. The lowest BCUT2D eigenvalue weighted by Gasteiger charge is -2.06. The first-order valence-corrected chi connectivity index (χ1v) is 5.93. The summed E-state index contributed by atoms with van der Waals surface area (Å²) in [5, 5.41) is 10.0. The van der Waals surface area contributed by atoms with Gasteiger partial charge in [0, 0.05) is 25.0 Å². The lowest BCUT2D eigenvalue weighted by Crippen LogP contribution is -2.20. The molecule has 0 fully saturated rings. The first-order chi connectivity index (χ1) is 9.24. The molecule has 100 valence electrons. The fourth-order valence-electron chi connectivity index (χ4n) is 1.58. The molecule has 2 aromatic rings. The van der Waals surface area contributed by atoms with Crippen LogP contribution in [0.4, 0.5) is 0 Å². The summed E-state index contributed by atoms with van der Waals surface area (Å²) in [6, 6.07) is 9.44. The van der Waals surface area contributed by atoms with Crippen molar-refractivity contribution < 1.29 is 9.53 Å². The number of carbonyl (C=O) groups excluding carboxylic acids is 1. The van der Waals surface area contributed by atoms with Crippen LogP contribution < -0.4 is 15.8 Å². The molecule has 0 saturated heterocycles. The normalized spacial score (nSPS) is 10.3. The smallest absolute Gasteiger partial charge is 0.255 e. The van der Waals surface area contributed by atoms with Crippen LogP contribution in [0.3, 0.4) is 0 Å². The summed E-state index contributed by atoms with van der Waals surface area (Å²) in [4.78, 5) is 10.6. The molecule has 0 aliphatic rings. The molecule has 0 unspecified atom stereocenters. The minimum Gasteiger partial charge on any atom is -0.484 e. The summed E-state index contributed by atoms with van der Waals surface area (Å²) in [5.41, 5.74) is 7.17. The van der Waals surface area contributed by atoms with Crippen molar-refractivity contribution in [3.05, 3.63) is 47.8 Å². The van der Waals surface area contributed by atoms with Gasteiger partial charge in [-0.1, -0.05) is 12.1 Å². The van der Waals surface area contributed by atoms with Crippen molar-refractivity contribution in [1.82, 2.24) is 15.5 Å². The zero-order valence-electron chi connectivity index (χ0n) is 10.4. The second-order valence-electron chi connectivity index (χ2n) is 4.08. The summed E-state index contributed by atoms with van der Waals surface area (Å²) >= 11 is 0. The third kappa shape index (κ3) is 4.44. The van der Waals surface area contributed by atoms with Crippen LogP contribution in [0.2, 0.25) is 0 Å². The van der Waals surface area contributed by atoms with Crippen LogP contribution >= 0.6 is 0 Å². The molecule has 0 bridgehead atoms. The molecule has 0 atom stereocenters. The molecule has 6 heteroatoms. The highest BCUT2D eigenvalue weighted by molar-refractivity contribution is 5.75. The Bertz CT molecular complexity index is 508. The van der Waals surface area contributed by atoms with Crippen LogP contribution in [-0.4, -0.2) is 22.7 Å². The lowest BCUT2D eigenvalue weighted by atomic mass is 10.2. The number of benzene rings is 1. The van der Waals surface area contributed by atoms with Gasteiger partial charge in [0.1, 0.15) is 5.75 Å². The SMILES string of the molecule is NC(=O)COc1ccc(CNCc2ccn[nH]2)cc1. The van der Waals surface area contributed by atoms with Gasteiger partial charge in [-0.25, -0.2) is 0 Å². The van der Waals surface area contributed by atoms with E-state index in [1.807, 2.05) is 30.3 Å². The summed E-state index contributed by atoms with van der Waals surface area (Å²) in [7, 11) is 0. The number of rotatable bonds is 7. The van der Waals surface area contributed by atoms with Gasteiger partial charge in [0.2, 0.25) is 0 Å². The number of aromatic amines is 1. The van der Waals surface area contributed by atoms with E-state index < -0.39 is 5.91 Å². The molecule has 1 amide bonds. The van der Waals surface area contributed by atoms with Gasteiger partial charge in [-0.05, 0) is 23.8 Å². The van der Waals surface area contributed by atoms with Crippen molar-refractivity contribution >= 4 is 5.91 Å². The number of hydrogen-bond donors (Lipinski definition) is 3. The van der Waals surface area contributed by atoms with E-state index in [2.05, 4.69) is 15.5 Å². The van der Waals surface area contributed by atoms with Gasteiger partial charge in [-0.3, -0.25) is 9.89 Å². The number of H-pyrrole nitrogens is 1. The van der Waals surface area contributed by atoms with E-state index in [0.29, 0.717) is 5.75 Å². The van der Waals surface area contributed by atoms with Gasteiger partial charge >= 0.3 is 0 Å². The van der Waals surface area contributed by atoms with E-state index in [0.717, 1.165) is 24.3 Å². The molecule has 1 heterocycles. The molecule has 0 radical (unpaired) electrons. The standard InChI is InChI=1S/C13H16N4O2/c14-13(18)9-19-12-3-1-10(2-4-12)7-15-8-11-5-6-16-17-11/h1-6,15H,7-9H2,(H2,14,18)(H,16,17). The highest BCUT2D eigenvalue weighted by Gasteiger charge is 1.99. The van der Waals surface area contributed by atoms with Crippen LogP contribution in [0.5, 0.6) is 5.75 Å². The maximum absolute atomic E-state index is 10.6. The number of amides is 1. The number of primary amides is 1. The Morgan fingerprint density at radius 3 is 2.68 bits per heavy atom. The highest BCUT2D eigenvalue weighted by Crippen LogP contribution is 2.11. The number of nitrogens with two attached hydrogens (primary N) is 1. The van der Waals surface area contributed by atoms with Crippen LogP contribution in [0.15, 0.2) is 36.5 Å². The van der Waals surface area contributed by atoms with E-state index in [1.165, 1.54) is 0 Å². The third-order valence-corrected chi connectivity index (χ3v) is 2.51. The molecule has 0 aliphatic carbocycles. The highest BCUT2D eigenvalue weighted by atomic mass is 16.5. The van der Waals surface area contributed by atoms with Gasteiger partial charge < -0.3 is 15.8 Å². The third-order valence-electron chi connectivity index (χ3n) is 2.51. The number of aromatic nitrogens is 2. The summed E-state index contributed by atoms with van der Waals surface area (Å²) in [6.45, 7) is 1.38. The topological polar surface area (TPSA) is 93.0 Å². The van der Waals surface area contributed by atoms with Crippen molar-refractivity contribution in [3.8, 4) is 5.75 Å². The van der Waals surface area contributed by atoms with Gasteiger partial charge in [-0.2, -0.15) is 5.10 Å². The first-order valence-electron chi connectivity index (χ1n) is 5.93. The second-order valence-corrected chi connectivity index (χ2v) is 4.08. The van der Waals surface area contributed by atoms with Crippen molar-refractivity contribution in [2.75, 3.05) is 6.61 Å². The van der Waals surface area contributed by atoms with Crippen molar-refractivity contribution in [3.63, 3.8) is 0 Å². The van der Waals surface area contributed by atoms with Crippen LogP contribution in [0.1, 0.15) is 11.3 Å². The van der Waals surface area contributed by atoms with Crippen molar-refractivity contribution in [2.45, 2.75) is 13.1 Å². The van der Waals surface area contributed by atoms with Gasteiger partial charge in [0.25, 0.3) is 5.91 Å². The molecule has 19 heavy (non-hydrogen) atoms. The molecule has 6 nitrogen and oxygen atoms in total. The van der Waals surface area contributed by atoms with E-state index >= 15 is 0 Å². The molecule has 0 aliphatic heterocycles. The number of hydrogen-bond acceptors (Lipinski definition) is 4. The van der Waals surface area contributed by atoms with E-state index in [1.54, 1.807) is 6.20 Å². The quantitative estimate of drug-likeness (QED) is 0.678. The fourth-order valence-corrected chi connectivity index (χ4v) is 1.58. The summed E-state index contributed by atoms with van der Waals surface area (Å²) < 4.78 is 5.18. The zero-order valence-corrected chi connectivity index (χ0v) is 10.4. The lowest BCUT2D eigenvalue weighted by molar-refractivity contribution is -0.119. The van der Waals surface area contributed by atoms with Gasteiger partial charge in [0.05, 0.1) is 0 Å². The van der Waals surface area contributed by atoms with Gasteiger partial charge in [0.15, 0.2) is 6.61 Å².